The van der Waals surface area contributed by atoms with Gasteiger partial charge in [0.2, 0.25) is 27.0 Å². The summed E-state index contributed by atoms with van der Waals surface area (Å²) in [5, 5.41) is 13.5. The third-order valence-corrected chi connectivity index (χ3v) is 6.87. The Balaban J connectivity index is 1.75. The first-order valence-electron chi connectivity index (χ1n) is 7.71. The van der Waals surface area contributed by atoms with Gasteiger partial charge in [-0.25, -0.2) is 8.42 Å². The third-order valence-electron chi connectivity index (χ3n) is 3.63. The van der Waals surface area contributed by atoms with Gasteiger partial charge in [0.1, 0.15) is 0 Å². The van der Waals surface area contributed by atoms with E-state index in [1.807, 2.05) is 0 Å². The Bertz CT molecular complexity index is 715. The molecule has 0 aliphatic heterocycles. The summed E-state index contributed by atoms with van der Waals surface area (Å²) >= 11 is 2.39. The summed E-state index contributed by atoms with van der Waals surface area (Å²) in [4.78, 5) is 23.7. The van der Waals surface area contributed by atoms with E-state index in [2.05, 4.69) is 20.8 Å². The van der Waals surface area contributed by atoms with Gasteiger partial charge in [0.25, 0.3) is 0 Å². The second kappa shape index (κ2) is 8.92. The predicted molar refractivity (Wildman–Crippen MR) is 97.1 cm³/mol. The Hall–Kier alpha value is -1.24. The summed E-state index contributed by atoms with van der Waals surface area (Å²) in [5.74, 6) is -0.289. The van der Waals surface area contributed by atoms with Crippen molar-refractivity contribution < 1.29 is 18.0 Å². The standard InChI is InChI=1S/C13H21N5O4S3/c1-18(25(2,21)22)7-10(19)15-12-16-17-13(24-12)23-8-11(20)14-9-5-3-4-6-9/h9H,3-8H2,1-2H3,(H,14,20)(H,15,16,19). The van der Waals surface area contributed by atoms with E-state index >= 15 is 0 Å². The quantitative estimate of drug-likeness (QED) is 0.476. The summed E-state index contributed by atoms with van der Waals surface area (Å²) in [6, 6.07) is 0.282. The van der Waals surface area contributed by atoms with Gasteiger partial charge >= 0.3 is 0 Å². The molecule has 0 unspecified atom stereocenters. The van der Waals surface area contributed by atoms with Crippen LogP contribution in [0.3, 0.4) is 0 Å². The van der Waals surface area contributed by atoms with Crippen molar-refractivity contribution in [2.75, 3.05) is 30.9 Å². The lowest BCUT2D eigenvalue weighted by Crippen LogP contribution is -2.34. The smallest absolute Gasteiger partial charge is 0.241 e. The molecule has 0 aromatic carbocycles. The van der Waals surface area contributed by atoms with Crippen molar-refractivity contribution in [3.05, 3.63) is 0 Å². The van der Waals surface area contributed by atoms with E-state index in [0.29, 0.717) is 4.34 Å². The van der Waals surface area contributed by atoms with Crippen molar-refractivity contribution in [1.82, 2.24) is 19.8 Å². The molecule has 1 aromatic rings. The predicted octanol–water partition coefficient (Wildman–Crippen LogP) is 0.519. The highest BCUT2D eigenvalue weighted by atomic mass is 32.2. The number of nitrogens with one attached hydrogen (secondary N) is 2. The fourth-order valence-electron chi connectivity index (χ4n) is 2.26. The van der Waals surface area contributed by atoms with Gasteiger partial charge in [-0.05, 0) is 12.8 Å². The van der Waals surface area contributed by atoms with E-state index in [4.69, 9.17) is 0 Å². The van der Waals surface area contributed by atoms with Crippen molar-refractivity contribution >= 4 is 50.1 Å². The number of carbonyl (C=O) groups excluding carboxylic acids is 2. The first-order valence-corrected chi connectivity index (χ1v) is 11.4. The molecule has 140 valence electrons. The highest BCUT2D eigenvalue weighted by Gasteiger charge is 2.18. The molecule has 2 N–H and O–H groups in total. The molecule has 2 amide bonds. The van der Waals surface area contributed by atoms with Gasteiger partial charge in [-0.2, -0.15) is 4.31 Å². The number of nitrogens with zero attached hydrogens (tertiary/aromatic N) is 3. The molecule has 25 heavy (non-hydrogen) atoms. The third kappa shape index (κ3) is 6.88. The van der Waals surface area contributed by atoms with E-state index in [0.717, 1.165) is 47.6 Å². The van der Waals surface area contributed by atoms with E-state index < -0.39 is 15.9 Å². The zero-order valence-corrected chi connectivity index (χ0v) is 16.5. The average molecular weight is 408 g/mol. The van der Waals surface area contributed by atoms with Crippen molar-refractivity contribution in [3.8, 4) is 0 Å². The van der Waals surface area contributed by atoms with Gasteiger partial charge in [0, 0.05) is 13.1 Å². The highest BCUT2D eigenvalue weighted by molar-refractivity contribution is 8.01. The summed E-state index contributed by atoms with van der Waals surface area (Å²) in [6.07, 6.45) is 5.41. The van der Waals surface area contributed by atoms with Gasteiger partial charge in [-0.1, -0.05) is 35.9 Å². The van der Waals surface area contributed by atoms with Crippen molar-refractivity contribution in [3.63, 3.8) is 0 Å². The summed E-state index contributed by atoms with van der Waals surface area (Å²) in [5.41, 5.74) is 0. The van der Waals surface area contributed by atoms with Gasteiger partial charge in [-0.15, -0.1) is 10.2 Å². The number of aromatic nitrogens is 2. The first kappa shape index (κ1) is 20.1. The van der Waals surface area contributed by atoms with Crippen molar-refractivity contribution in [2.45, 2.75) is 36.1 Å². The number of likely N-dealkylation sites (N-methyl/N-ethyl adjacent to an activating group) is 1. The van der Waals surface area contributed by atoms with Gasteiger partial charge in [0.05, 0.1) is 18.6 Å². The minimum atomic E-state index is -3.42. The minimum absolute atomic E-state index is 0.0348. The number of thioether (sulfide) groups is 1. The topological polar surface area (TPSA) is 121 Å². The van der Waals surface area contributed by atoms with Crippen LogP contribution in [0.15, 0.2) is 4.34 Å². The summed E-state index contributed by atoms with van der Waals surface area (Å²) in [6.45, 7) is -0.301. The molecule has 0 spiro atoms. The molecule has 1 fully saturated rings. The number of sulfonamides is 1. The van der Waals surface area contributed by atoms with Crippen molar-refractivity contribution in [2.24, 2.45) is 0 Å². The van der Waals surface area contributed by atoms with Crippen LogP contribution >= 0.6 is 23.1 Å². The SMILES string of the molecule is CN(CC(=O)Nc1nnc(SCC(=O)NC2CCCC2)s1)S(C)(=O)=O. The number of amides is 2. The lowest BCUT2D eigenvalue weighted by molar-refractivity contribution is -0.119. The lowest BCUT2D eigenvalue weighted by Gasteiger charge is -2.12. The Labute approximate surface area is 155 Å². The zero-order valence-electron chi connectivity index (χ0n) is 14.0. The lowest BCUT2D eigenvalue weighted by atomic mass is 10.2. The fourth-order valence-corrected chi connectivity index (χ4v) is 4.19. The molecule has 1 saturated carbocycles. The molecule has 1 aromatic heterocycles. The average Bonchev–Trinajstić information content (AvgIpc) is 3.16. The Morgan fingerprint density at radius 3 is 2.60 bits per heavy atom. The maximum atomic E-state index is 11.9. The number of hydrogen-bond acceptors (Lipinski definition) is 8. The van der Waals surface area contributed by atoms with Gasteiger partial charge < -0.3 is 5.32 Å². The Morgan fingerprint density at radius 1 is 1.28 bits per heavy atom. The van der Waals surface area contributed by atoms with Crippen LogP contribution in [0.4, 0.5) is 5.13 Å². The second-order valence-corrected chi connectivity index (χ2v) is 10.1. The summed E-state index contributed by atoms with van der Waals surface area (Å²) in [7, 11) is -2.10. The first-order chi connectivity index (χ1) is 11.7. The number of hydrogen-bond donors (Lipinski definition) is 2. The number of rotatable bonds is 8. The maximum Gasteiger partial charge on any atom is 0.241 e. The van der Waals surface area contributed by atoms with Crippen LogP contribution in [0.2, 0.25) is 0 Å². The highest BCUT2D eigenvalue weighted by Crippen LogP contribution is 2.25. The molecule has 0 atom stereocenters. The Morgan fingerprint density at radius 2 is 1.96 bits per heavy atom. The van der Waals surface area contributed by atoms with Crippen molar-refractivity contribution in [1.29, 1.82) is 0 Å². The molecule has 0 saturated heterocycles. The Kier molecular flexibility index (Phi) is 7.16. The molecule has 1 aliphatic rings. The van der Waals surface area contributed by atoms with Crippen LogP contribution in [0, 0.1) is 0 Å². The number of carbonyl (C=O) groups is 2. The fraction of sp³-hybridized carbons (Fsp3) is 0.692. The molecular formula is C13H21N5O4S3. The van der Waals surface area contributed by atoms with Crippen LogP contribution in [0.25, 0.3) is 0 Å². The number of anilines is 1. The maximum absolute atomic E-state index is 11.9. The summed E-state index contributed by atoms with van der Waals surface area (Å²) < 4.78 is 24.1. The molecule has 1 aliphatic carbocycles. The minimum Gasteiger partial charge on any atom is -0.353 e. The van der Waals surface area contributed by atoms with E-state index in [1.54, 1.807) is 0 Å². The van der Waals surface area contributed by atoms with Crippen LogP contribution in [-0.2, 0) is 19.6 Å². The van der Waals surface area contributed by atoms with Gasteiger partial charge in [0.15, 0.2) is 4.34 Å². The monoisotopic (exact) mass is 407 g/mol. The second-order valence-electron chi connectivity index (χ2n) is 5.78. The van der Waals surface area contributed by atoms with Crippen LogP contribution in [-0.4, -0.2) is 66.4 Å². The molecule has 2 rings (SSSR count). The normalized spacial score (nSPS) is 15.5. The van der Waals surface area contributed by atoms with Crippen LogP contribution < -0.4 is 10.6 Å². The van der Waals surface area contributed by atoms with Gasteiger partial charge in [-0.3, -0.25) is 14.9 Å². The molecule has 0 bridgehead atoms. The van der Waals surface area contributed by atoms with E-state index in [9.17, 15) is 18.0 Å². The largest absolute Gasteiger partial charge is 0.353 e. The zero-order chi connectivity index (χ0) is 18.4. The van der Waals surface area contributed by atoms with E-state index in [-0.39, 0.29) is 29.4 Å². The molecule has 1 heterocycles. The molecule has 12 heteroatoms. The van der Waals surface area contributed by atoms with E-state index in [1.165, 1.54) is 18.8 Å². The van der Waals surface area contributed by atoms with Crippen LogP contribution in [0.1, 0.15) is 25.7 Å². The molecular weight excluding hydrogens is 386 g/mol. The molecule has 0 radical (unpaired) electrons. The molecule has 9 nitrogen and oxygen atoms in total. The van der Waals surface area contributed by atoms with Crippen LogP contribution in [0.5, 0.6) is 0 Å².